The van der Waals surface area contributed by atoms with E-state index in [1.54, 1.807) is 19.2 Å². The summed E-state index contributed by atoms with van der Waals surface area (Å²) < 4.78 is 7.09. The predicted octanol–water partition coefficient (Wildman–Crippen LogP) is 2.68. The van der Waals surface area contributed by atoms with E-state index in [-0.39, 0.29) is 17.5 Å². The number of hydrogen-bond acceptors (Lipinski definition) is 3. The molecule has 0 spiro atoms. The molecule has 1 aromatic carbocycles. The lowest BCUT2D eigenvalue weighted by molar-refractivity contribution is 0.0934. The van der Waals surface area contributed by atoms with E-state index >= 15 is 0 Å². The van der Waals surface area contributed by atoms with Crippen LogP contribution in [-0.2, 0) is 7.05 Å². The van der Waals surface area contributed by atoms with Crippen LogP contribution in [-0.4, -0.2) is 17.1 Å². The SMILES string of the molecule is Cn1cc(C(=O)N[C@@H]2CCCOc3cc(Cl)ccc32)ccc1=O. The standard InChI is InChI=1S/C17H17ClN2O3/c1-20-10-11(4-7-16(20)21)17(22)19-14-3-2-8-23-15-9-12(18)5-6-13(14)15/h4-7,9-10,14H,2-3,8H2,1H3,(H,19,22)/t14-/m1/s1. The number of amides is 1. The summed E-state index contributed by atoms with van der Waals surface area (Å²) in [6.07, 6.45) is 3.16. The van der Waals surface area contributed by atoms with E-state index in [1.165, 1.54) is 22.9 Å². The van der Waals surface area contributed by atoms with Crippen LogP contribution in [0.25, 0.3) is 0 Å². The number of hydrogen-bond donors (Lipinski definition) is 1. The van der Waals surface area contributed by atoms with Crippen LogP contribution in [0, 0.1) is 0 Å². The van der Waals surface area contributed by atoms with E-state index in [2.05, 4.69) is 5.32 Å². The van der Waals surface area contributed by atoms with Crippen molar-refractivity contribution in [3.63, 3.8) is 0 Å². The first-order valence-electron chi connectivity index (χ1n) is 7.44. The molecule has 0 saturated carbocycles. The van der Waals surface area contributed by atoms with Crippen LogP contribution in [0.1, 0.15) is 34.8 Å². The highest BCUT2D eigenvalue weighted by Crippen LogP contribution is 2.33. The minimum atomic E-state index is -0.214. The number of aryl methyl sites for hydroxylation is 1. The van der Waals surface area contributed by atoms with E-state index in [0.717, 1.165) is 18.4 Å². The minimum absolute atomic E-state index is 0.144. The van der Waals surface area contributed by atoms with E-state index in [0.29, 0.717) is 22.9 Å². The van der Waals surface area contributed by atoms with Gasteiger partial charge in [-0.25, -0.2) is 0 Å². The molecule has 23 heavy (non-hydrogen) atoms. The van der Waals surface area contributed by atoms with Gasteiger partial charge in [0.05, 0.1) is 18.2 Å². The lowest BCUT2D eigenvalue weighted by Gasteiger charge is -2.18. The van der Waals surface area contributed by atoms with Gasteiger partial charge < -0.3 is 14.6 Å². The number of pyridine rings is 1. The fraction of sp³-hybridized carbons (Fsp3) is 0.294. The van der Waals surface area contributed by atoms with Gasteiger partial charge in [0.25, 0.3) is 5.91 Å². The molecular weight excluding hydrogens is 316 g/mol. The van der Waals surface area contributed by atoms with Crippen LogP contribution >= 0.6 is 11.6 Å². The largest absolute Gasteiger partial charge is 0.493 e. The lowest BCUT2D eigenvalue weighted by atomic mass is 10.0. The van der Waals surface area contributed by atoms with Gasteiger partial charge in [0.1, 0.15) is 5.75 Å². The molecule has 0 bridgehead atoms. The number of aromatic nitrogens is 1. The monoisotopic (exact) mass is 332 g/mol. The van der Waals surface area contributed by atoms with Gasteiger partial charge >= 0.3 is 0 Å². The molecular formula is C17H17ClN2O3. The Balaban J connectivity index is 1.86. The Kier molecular flexibility index (Phi) is 4.39. The van der Waals surface area contributed by atoms with E-state index in [9.17, 15) is 9.59 Å². The van der Waals surface area contributed by atoms with Crippen LogP contribution < -0.4 is 15.6 Å². The molecule has 1 amide bonds. The fourth-order valence-corrected chi connectivity index (χ4v) is 2.83. The number of fused-ring (bicyclic) bond motifs is 1. The average molecular weight is 333 g/mol. The number of carbonyl (C=O) groups excluding carboxylic acids is 1. The Morgan fingerprint density at radius 1 is 1.35 bits per heavy atom. The topological polar surface area (TPSA) is 60.3 Å². The summed E-state index contributed by atoms with van der Waals surface area (Å²) in [5, 5.41) is 3.63. The molecule has 1 atom stereocenters. The molecule has 0 unspecified atom stereocenters. The van der Waals surface area contributed by atoms with Gasteiger partial charge in [-0.3, -0.25) is 9.59 Å². The van der Waals surface area contributed by atoms with E-state index < -0.39 is 0 Å². The maximum absolute atomic E-state index is 12.5. The first-order valence-corrected chi connectivity index (χ1v) is 7.82. The second-order valence-electron chi connectivity index (χ2n) is 5.57. The summed E-state index contributed by atoms with van der Waals surface area (Å²) >= 11 is 6.01. The maximum Gasteiger partial charge on any atom is 0.253 e. The summed E-state index contributed by atoms with van der Waals surface area (Å²) in [5.74, 6) is 0.495. The van der Waals surface area contributed by atoms with Crippen LogP contribution in [0.4, 0.5) is 0 Å². The highest BCUT2D eigenvalue weighted by molar-refractivity contribution is 6.30. The number of nitrogens with zero attached hydrogens (tertiary/aromatic N) is 1. The molecule has 0 fully saturated rings. The van der Waals surface area contributed by atoms with Crippen molar-refractivity contribution in [2.45, 2.75) is 18.9 Å². The number of benzene rings is 1. The van der Waals surface area contributed by atoms with Gasteiger partial charge in [-0.05, 0) is 31.0 Å². The third-order valence-corrected chi connectivity index (χ3v) is 4.13. The molecule has 0 radical (unpaired) electrons. The summed E-state index contributed by atoms with van der Waals surface area (Å²) in [6.45, 7) is 0.597. The first kappa shape index (κ1) is 15.6. The first-order chi connectivity index (χ1) is 11.0. The fourth-order valence-electron chi connectivity index (χ4n) is 2.67. The van der Waals surface area contributed by atoms with Crippen molar-refractivity contribution in [3.05, 3.63) is 63.0 Å². The Labute approximate surface area is 138 Å². The number of nitrogens with one attached hydrogen (secondary N) is 1. The summed E-state index contributed by atoms with van der Waals surface area (Å²) in [5.41, 5.74) is 1.22. The number of carbonyl (C=O) groups is 1. The summed E-state index contributed by atoms with van der Waals surface area (Å²) in [6, 6.07) is 8.23. The van der Waals surface area contributed by atoms with Crippen LogP contribution in [0.15, 0.2) is 41.3 Å². The van der Waals surface area contributed by atoms with Crippen LogP contribution in [0.5, 0.6) is 5.75 Å². The van der Waals surface area contributed by atoms with Crippen LogP contribution in [0.2, 0.25) is 5.02 Å². The molecule has 0 aliphatic carbocycles. The number of rotatable bonds is 2. The van der Waals surface area contributed by atoms with Crippen molar-refractivity contribution in [2.75, 3.05) is 6.61 Å². The van der Waals surface area contributed by atoms with E-state index in [4.69, 9.17) is 16.3 Å². The summed E-state index contributed by atoms with van der Waals surface area (Å²) in [7, 11) is 1.62. The Bertz CT molecular complexity index is 801. The van der Waals surface area contributed by atoms with Gasteiger partial charge in [0.2, 0.25) is 5.56 Å². The molecule has 2 heterocycles. The second kappa shape index (κ2) is 6.46. The van der Waals surface area contributed by atoms with Gasteiger partial charge in [0.15, 0.2) is 0 Å². The highest BCUT2D eigenvalue weighted by atomic mass is 35.5. The Morgan fingerprint density at radius 2 is 2.17 bits per heavy atom. The van der Waals surface area contributed by atoms with Crippen molar-refractivity contribution in [3.8, 4) is 5.75 Å². The Hall–Kier alpha value is -2.27. The quantitative estimate of drug-likeness (QED) is 0.919. The molecule has 1 aromatic heterocycles. The van der Waals surface area contributed by atoms with Crippen molar-refractivity contribution in [2.24, 2.45) is 7.05 Å². The zero-order valence-electron chi connectivity index (χ0n) is 12.7. The predicted molar refractivity (Wildman–Crippen MR) is 88.1 cm³/mol. The van der Waals surface area contributed by atoms with Crippen LogP contribution in [0.3, 0.4) is 0 Å². The molecule has 1 aliphatic heterocycles. The van der Waals surface area contributed by atoms with Crippen molar-refractivity contribution < 1.29 is 9.53 Å². The molecule has 120 valence electrons. The summed E-state index contributed by atoms with van der Waals surface area (Å²) in [4.78, 5) is 23.9. The van der Waals surface area contributed by atoms with Gasteiger partial charge in [-0.2, -0.15) is 0 Å². The van der Waals surface area contributed by atoms with Crippen molar-refractivity contribution in [1.82, 2.24) is 9.88 Å². The lowest BCUT2D eigenvalue weighted by Crippen LogP contribution is -2.29. The zero-order chi connectivity index (χ0) is 16.4. The smallest absolute Gasteiger partial charge is 0.253 e. The highest BCUT2D eigenvalue weighted by Gasteiger charge is 2.22. The molecule has 6 heteroatoms. The van der Waals surface area contributed by atoms with Gasteiger partial charge in [-0.15, -0.1) is 0 Å². The molecule has 3 rings (SSSR count). The average Bonchev–Trinajstić information content (AvgIpc) is 2.72. The van der Waals surface area contributed by atoms with Gasteiger partial charge in [-0.1, -0.05) is 17.7 Å². The molecule has 1 aliphatic rings. The van der Waals surface area contributed by atoms with Crippen molar-refractivity contribution in [1.29, 1.82) is 0 Å². The number of ether oxygens (including phenoxy) is 1. The Morgan fingerprint density at radius 3 is 2.96 bits per heavy atom. The molecule has 5 nitrogen and oxygen atoms in total. The van der Waals surface area contributed by atoms with E-state index in [1.807, 2.05) is 6.07 Å². The molecule has 1 N–H and O–H groups in total. The molecule has 2 aromatic rings. The maximum atomic E-state index is 12.5. The number of halogens is 1. The third kappa shape index (κ3) is 3.40. The minimum Gasteiger partial charge on any atom is -0.493 e. The normalized spacial score (nSPS) is 16.9. The third-order valence-electron chi connectivity index (χ3n) is 3.90. The van der Waals surface area contributed by atoms with Gasteiger partial charge in [0, 0.05) is 29.9 Å². The zero-order valence-corrected chi connectivity index (χ0v) is 13.5. The second-order valence-corrected chi connectivity index (χ2v) is 6.00. The van der Waals surface area contributed by atoms with Crippen molar-refractivity contribution >= 4 is 17.5 Å². The molecule has 0 saturated heterocycles.